The first kappa shape index (κ1) is 20.0. The van der Waals surface area contributed by atoms with Crippen molar-refractivity contribution in [2.45, 2.75) is 23.0 Å². The van der Waals surface area contributed by atoms with Crippen LogP contribution >= 0.6 is 11.8 Å². The average Bonchev–Trinajstić information content (AvgIpc) is 3.00. The van der Waals surface area contributed by atoms with Crippen LogP contribution in [0.3, 0.4) is 0 Å². The number of thioether (sulfide) groups is 1. The van der Waals surface area contributed by atoms with Crippen molar-refractivity contribution in [2.75, 3.05) is 21.3 Å². The van der Waals surface area contributed by atoms with Crippen LogP contribution in [0.25, 0.3) is 0 Å². The van der Waals surface area contributed by atoms with Gasteiger partial charge in [-0.25, -0.2) is 0 Å². The molecule has 3 aromatic carbocycles. The maximum absolute atomic E-state index is 5.66. The first-order valence-electron chi connectivity index (χ1n) is 10.5. The Morgan fingerprint density at radius 1 is 0.871 bits per heavy atom. The molecule has 1 heterocycles. The van der Waals surface area contributed by atoms with Crippen LogP contribution in [0.4, 0.5) is 5.69 Å². The van der Waals surface area contributed by atoms with Gasteiger partial charge in [0.1, 0.15) is 0 Å². The van der Waals surface area contributed by atoms with Crippen LogP contribution in [0.2, 0.25) is 0 Å². The summed E-state index contributed by atoms with van der Waals surface area (Å²) in [5.74, 6) is 2.28. The second-order valence-corrected chi connectivity index (χ2v) is 8.95. The summed E-state index contributed by atoms with van der Waals surface area (Å²) in [5.41, 5.74) is 6.03. The molecule has 158 valence electrons. The molecule has 0 saturated carbocycles. The van der Waals surface area contributed by atoms with Crippen molar-refractivity contribution < 1.29 is 14.2 Å². The zero-order valence-electron chi connectivity index (χ0n) is 17.9. The fraction of sp³-hybridized carbons (Fsp3) is 0.269. The van der Waals surface area contributed by atoms with Gasteiger partial charge in [-0.2, -0.15) is 0 Å². The van der Waals surface area contributed by atoms with Crippen LogP contribution < -0.4 is 14.2 Å². The molecule has 0 unspecified atom stereocenters. The Kier molecular flexibility index (Phi) is 5.36. The molecule has 1 aliphatic carbocycles. The third-order valence-electron chi connectivity index (χ3n) is 6.11. The molecule has 3 aromatic rings. The van der Waals surface area contributed by atoms with E-state index in [9.17, 15) is 0 Å². The number of hydrogen-bond acceptors (Lipinski definition) is 5. The first-order valence-corrected chi connectivity index (χ1v) is 11.3. The SMILES string of the molecule is COc1cc([C@H]2Sc3ccccc3N=C3c4ccccc4CC[C@H]32)cc(OC)c1OC. The molecule has 2 atom stereocenters. The normalized spacial score (nSPS) is 19.3. The van der Waals surface area contributed by atoms with Crippen molar-refractivity contribution in [2.24, 2.45) is 10.9 Å². The average molecular weight is 432 g/mol. The minimum atomic E-state index is 0.185. The molecular formula is C26H25NO3S. The predicted molar refractivity (Wildman–Crippen MR) is 126 cm³/mol. The fourth-order valence-corrected chi connectivity index (χ4v) is 6.00. The van der Waals surface area contributed by atoms with Crippen molar-refractivity contribution in [3.05, 3.63) is 77.4 Å². The lowest BCUT2D eigenvalue weighted by Gasteiger charge is -2.32. The zero-order chi connectivity index (χ0) is 21.4. The predicted octanol–water partition coefficient (Wildman–Crippen LogP) is 6.24. The molecule has 0 spiro atoms. The van der Waals surface area contributed by atoms with Gasteiger partial charge in [-0.05, 0) is 53.8 Å². The highest BCUT2D eigenvalue weighted by atomic mass is 32.2. The Morgan fingerprint density at radius 3 is 2.32 bits per heavy atom. The zero-order valence-corrected chi connectivity index (χ0v) is 18.7. The summed E-state index contributed by atoms with van der Waals surface area (Å²) in [6, 6.07) is 21.3. The summed E-state index contributed by atoms with van der Waals surface area (Å²) in [5, 5.41) is 0.185. The largest absolute Gasteiger partial charge is 0.493 e. The van der Waals surface area contributed by atoms with E-state index in [1.807, 2.05) is 11.8 Å². The van der Waals surface area contributed by atoms with Gasteiger partial charge < -0.3 is 14.2 Å². The fourth-order valence-electron chi connectivity index (χ4n) is 4.64. The van der Waals surface area contributed by atoms with E-state index in [0.717, 1.165) is 24.1 Å². The van der Waals surface area contributed by atoms with Crippen LogP contribution in [0.5, 0.6) is 17.2 Å². The van der Waals surface area contributed by atoms with Crippen molar-refractivity contribution in [1.82, 2.24) is 0 Å². The molecule has 0 fully saturated rings. The van der Waals surface area contributed by atoms with Gasteiger partial charge in [0.05, 0.1) is 32.7 Å². The molecule has 0 amide bonds. The molecule has 5 heteroatoms. The monoisotopic (exact) mass is 431 g/mol. The number of benzene rings is 3. The number of fused-ring (bicyclic) bond motifs is 4. The van der Waals surface area contributed by atoms with Gasteiger partial charge in [0.2, 0.25) is 5.75 Å². The van der Waals surface area contributed by atoms with Gasteiger partial charge in [-0.15, -0.1) is 11.8 Å². The van der Waals surface area contributed by atoms with E-state index in [-0.39, 0.29) is 11.2 Å². The lowest BCUT2D eigenvalue weighted by atomic mass is 9.78. The van der Waals surface area contributed by atoms with Crippen molar-refractivity contribution in [3.8, 4) is 17.2 Å². The highest BCUT2D eigenvalue weighted by Gasteiger charge is 2.36. The smallest absolute Gasteiger partial charge is 0.203 e. The van der Waals surface area contributed by atoms with E-state index >= 15 is 0 Å². The summed E-state index contributed by atoms with van der Waals surface area (Å²) in [6.07, 6.45) is 2.11. The first-order chi connectivity index (χ1) is 15.2. The second kappa shape index (κ2) is 8.31. The summed E-state index contributed by atoms with van der Waals surface area (Å²) >= 11 is 1.88. The summed E-state index contributed by atoms with van der Waals surface area (Å²) in [6.45, 7) is 0. The maximum Gasteiger partial charge on any atom is 0.203 e. The number of para-hydroxylation sites is 1. The lowest BCUT2D eigenvalue weighted by molar-refractivity contribution is 0.323. The number of hydrogen-bond donors (Lipinski definition) is 0. The number of aliphatic imine (C=N–C) groups is 1. The molecule has 1 aliphatic heterocycles. The maximum atomic E-state index is 5.66. The van der Waals surface area contributed by atoms with Crippen molar-refractivity contribution in [1.29, 1.82) is 0 Å². The van der Waals surface area contributed by atoms with E-state index in [0.29, 0.717) is 17.2 Å². The molecule has 4 nitrogen and oxygen atoms in total. The number of ether oxygens (including phenoxy) is 3. The number of nitrogens with zero attached hydrogens (tertiary/aromatic N) is 1. The van der Waals surface area contributed by atoms with Gasteiger partial charge in [-0.1, -0.05) is 36.4 Å². The minimum absolute atomic E-state index is 0.185. The summed E-state index contributed by atoms with van der Waals surface area (Å²) < 4.78 is 16.9. The standard InChI is InChI=1S/C26H25NO3S/c1-28-21-14-17(15-22(29-2)25(21)30-3)26-19-13-12-16-8-4-5-9-18(16)24(19)27-20-10-6-7-11-23(20)31-26/h4-11,14-15,19,26H,12-13H2,1-3H3/t19-,26-/m1/s1. The number of methoxy groups -OCH3 is 3. The van der Waals surface area contributed by atoms with Crippen molar-refractivity contribution in [3.63, 3.8) is 0 Å². The Balaban J connectivity index is 1.70. The molecule has 31 heavy (non-hydrogen) atoms. The third kappa shape index (κ3) is 3.47. The van der Waals surface area contributed by atoms with Crippen LogP contribution in [-0.2, 0) is 6.42 Å². The minimum Gasteiger partial charge on any atom is -0.493 e. The van der Waals surface area contributed by atoms with Gasteiger partial charge in [0.15, 0.2) is 11.5 Å². The van der Waals surface area contributed by atoms with E-state index in [4.69, 9.17) is 19.2 Å². The third-order valence-corrected chi connectivity index (χ3v) is 7.56. The molecule has 0 aromatic heterocycles. The van der Waals surface area contributed by atoms with Crippen LogP contribution in [0.1, 0.15) is 28.4 Å². The number of aryl methyl sites for hydroxylation is 1. The van der Waals surface area contributed by atoms with E-state index in [2.05, 4.69) is 60.7 Å². The van der Waals surface area contributed by atoms with Crippen LogP contribution in [0, 0.1) is 5.92 Å². The molecule has 0 bridgehead atoms. The Bertz CT molecular complexity index is 1130. The van der Waals surface area contributed by atoms with Gasteiger partial charge in [0.25, 0.3) is 0 Å². The summed E-state index contributed by atoms with van der Waals surface area (Å²) in [4.78, 5) is 6.40. The number of rotatable bonds is 4. The molecular weight excluding hydrogens is 406 g/mol. The highest BCUT2D eigenvalue weighted by molar-refractivity contribution is 7.99. The molecule has 5 rings (SSSR count). The molecule has 0 radical (unpaired) electrons. The van der Waals surface area contributed by atoms with E-state index < -0.39 is 0 Å². The Morgan fingerprint density at radius 2 is 1.58 bits per heavy atom. The molecule has 2 aliphatic rings. The Labute approximate surface area is 187 Å². The molecule has 0 N–H and O–H groups in total. The van der Waals surface area contributed by atoms with Crippen LogP contribution in [-0.4, -0.2) is 27.0 Å². The van der Waals surface area contributed by atoms with Gasteiger partial charge in [0, 0.05) is 16.1 Å². The topological polar surface area (TPSA) is 40.0 Å². The quantitative estimate of drug-likeness (QED) is 0.490. The van der Waals surface area contributed by atoms with E-state index in [1.54, 1.807) is 21.3 Å². The lowest BCUT2D eigenvalue weighted by Crippen LogP contribution is -2.27. The molecule has 0 saturated heterocycles. The van der Waals surface area contributed by atoms with Gasteiger partial charge >= 0.3 is 0 Å². The van der Waals surface area contributed by atoms with E-state index in [1.165, 1.54) is 21.7 Å². The Hall–Kier alpha value is -2.92. The van der Waals surface area contributed by atoms with Gasteiger partial charge in [-0.3, -0.25) is 4.99 Å². The second-order valence-electron chi connectivity index (χ2n) is 7.76. The summed E-state index contributed by atoms with van der Waals surface area (Å²) in [7, 11) is 4.97. The van der Waals surface area contributed by atoms with Crippen molar-refractivity contribution >= 4 is 23.2 Å². The van der Waals surface area contributed by atoms with Crippen LogP contribution in [0.15, 0.2) is 70.6 Å². The highest BCUT2D eigenvalue weighted by Crippen LogP contribution is 2.53.